The lowest BCUT2D eigenvalue weighted by molar-refractivity contribution is 0.0697. The molecular weight excluding hydrogens is 356 g/mol. The van der Waals surface area contributed by atoms with Crippen LogP contribution in [-0.2, 0) is 6.54 Å². The van der Waals surface area contributed by atoms with Crippen LogP contribution in [0.15, 0.2) is 59.3 Å². The summed E-state index contributed by atoms with van der Waals surface area (Å²) in [6, 6.07) is 13.3. The molecule has 3 aromatic rings. The predicted molar refractivity (Wildman–Crippen MR) is 105 cm³/mol. The second kappa shape index (κ2) is 8.22. The number of aromatic carboxylic acids is 1. The van der Waals surface area contributed by atoms with E-state index in [0.717, 1.165) is 43.7 Å². The lowest BCUT2D eigenvalue weighted by Gasteiger charge is -2.32. The summed E-state index contributed by atoms with van der Waals surface area (Å²) in [7, 11) is 0. The summed E-state index contributed by atoms with van der Waals surface area (Å²) in [4.78, 5) is 22.4. The fourth-order valence-electron chi connectivity index (χ4n) is 3.44. The predicted octanol–water partition coefficient (Wildman–Crippen LogP) is 3.51. The first-order valence-corrected chi connectivity index (χ1v) is 9.36. The molecule has 7 heteroatoms. The Balaban J connectivity index is 1.32. The number of aromatic nitrogens is 2. The molecule has 3 heterocycles. The van der Waals surface area contributed by atoms with Gasteiger partial charge >= 0.3 is 5.97 Å². The molecule has 1 aliphatic rings. The monoisotopic (exact) mass is 378 g/mol. The highest BCUT2D eigenvalue weighted by molar-refractivity contribution is 5.93. The molecule has 1 aromatic carbocycles. The second-order valence-corrected chi connectivity index (χ2v) is 6.91. The molecule has 1 fully saturated rings. The third kappa shape index (κ3) is 4.20. The molecule has 28 heavy (non-hydrogen) atoms. The van der Waals surface area contributed by atoms with E-state index in [4.69, 9.17) is 4.42 Å². The Labute approximate surface area is 163 Å². The van der Waals surface area contributed by atoms with E-state index in [1.165, 1.54) is 0 Å². The van der Waals surface area contributed by atoms with Gasteiger partial charge in [-0.05, 0) is 37.1 Å². The first kappa shape index (κ1) is 18.2. The van der Waals surface area contributed by atoms with E-state index in [2.05, 4.69) is 20.2 Å². The highest BCUT2D eigenvalue weighted by Crippen LogP contribution is 2.21. The smallest absolute Gasteiger partial charge is 0.339 e. The lowest BCUT2D eigenvalue weighted by Crippen LogP contribution is -2.39. The van der Waals surface area contributed by atoms with E-state index in [1.807, 2.05) is 30.3 Å². The molecule has 2 N–H and O–H groups in total. The van der Waals surface area contributed by atoms with Crippen LogP contribution in [0.1, 0.15) is 28.9 Å². The van der Waals surface area contributed by atoms with Crippen molar-refractivity contribution in [3.8, 4) is 11.5 Å². The number of nitrogens with zero attached hydrogens (tertiary/aromatic N) is 3. The average molecular weight is 378 g/mol. The zero-order valence-corrected chi connectivity index (χ0v) is 15.4. The van der Waals surface area contributed by atoms with Crippen molar-refractivity contribution in [1.29, 1.82) is 0 Å². The number of oxazole rings is 1. The van der Waals surface area contributed by atoms with Crippen LogP contribution in [0, 0.1) is 0 Å². The van der Waals surface area contributed by atoms with Gasteiger partial charge in [0, 0.05) is 37.4 Å². The van der Waals surface area contributed by atoms with Gasteiger partial charge in [0.15, 0.2) is 0 Å². The third-order valence-corrected chi connectivity index (χ3v) is 4.92. The highest BCUT2D eigenvalue weighted by atomic mass is 16.4. The SMILES string of the molecule is O=C(O)c1cccnc1NC1CCN(Cc2coc(-c3ccccc3)n2)CC1. The standard InChI is InChI=1S/C21H22N4O3/c26-21(27)18-7-4-10-22-19(18)23-16-8-11-25(12-9-16)13-17-14-28-20(24-17)15-5-2-1-3-6-15/h1-7,10,14,16H,8-9,11-13H2,(H,22,23)(H,26,27). The first-order chi connectivity index (χ1) is 13.7. The minimum Gasteiger partial charge on any atom is -0.478 e. The molecule has 0 saturated carbocycles. The van der Waals surface area contributed by atoms with Gasteiger partial charge in [-0.3, -0.25) is 4.90 Å². The molecule has 0 amide bonds. The van der Waals surface area contributed by atoms with Crippen LogP contribution in [-0.4, -0.2) is 45.1 Å². The number of hydrogen-bond donors (Lipinski definition) is 2. The number of benzene rings is 1. The fraction of sp³-hybridized carbons (Fsp3) is 0.286. The molecule has 2 aromatic heterocycles. The van der Waals surface area contributed by atoms with Gasteiger partial charge in [0.1, 0.15) is 17.6 Å². The van der Waals surface area contributed by atoms with E-state index < -0.39 is 5.97 Å². The van der Waals surface area contributed by atoms with E-state index in [9.17, 15) is 9.90 Å². The van der Waals surface area contributed by atoms with Crippen LogP contribution in [0.25, 0.3) is 11.5 Å². The van der Waals surface area contributed by atoms with E-state index in [0.29, 0.717) is 11.7 Å². The Kier molecular flexibility index (Phi) is 5.34. The molecule has 0 aliphatic carbocycles. The topological polar surface area (TPSA) is 91.5 Å². The molecule has 0 bridgehead atoms. The van der Waals surface area contributed by atoms with Gasteiger partial charge in [0.05, 0.1) is 5.69 Å². The number of pyridine rings is 1. The molecule has 4 rings (SSSR count). The molecule has 0 unspecified atom stereocenters. The zero-order chi connectivity index (χ0) is 19.3. The minimum atomic E-state index is -0.965. The van der Waals surface area contributed by atoms with Crippen LogP contribution in [0.5, 0.6) is 0 Å². The van der Waals surface area contributed by atoms with Crippen LogP contribution in [0.4, 0.5) is 5.82 Å². The summed E-state index contributed by atoms with van der Waals surface area (Å²) in [5.74, 6) is 0.120. The van der Waals surface area contributed by atoms with Crippen LogP contribution < -0.4 is 5.32 Å². The maximum atomic E-state index is 11.3. The number of likely N-dealkylation sites (tertiary alicyclic amines) is 1. The molecule has 0 atom stereocenters. The third-order valence-electron chi connectivity index (χ3n) is 4.92. The van der Waals surface area contributed by atoms with Gasteiger partial charge in [-0.2, -0.15) is 0 Å². The molecular formula is C21H22N4O3. The van der Waals surface area contributed by atoms with E-state index >= 15 is 0 Å². The Morgan fingerprint density at radius 2 is 1.96 bits per heavy atom. The number of anilines is 1. The van der Waals surface area contributed by atoms with Gasteiger partial charge < -0.3 is 14.8 Å². The van der Waals surface area contributed by atoms with Crippen LogP contribution in [0.3, 0.4) is 0 Å². The van der Waals surface area contributed by atoms with Crippen molar-refractivity contribution in [3.63, 3.8) is 0 Å². The molecule has 0 spiro atoms. The summed E-state index contributed by atoms with van der Waals surface area (Å²) in [5.41, 5.74) is 2.10. The maximum absolute atomic E-state index is 11.3. The molecule has 144 valence electrons. The van der Waals surface area contributed by atoms with Gasteiger partial charge in [-0.25, -0.2) is 14.8 Å². The number of carboxylic acids is 1. The molecule has 7 nitrogen and oxygen atoms in total. The number of carbonyl (C=O) groups is 1. The fourth-order valence-corrected chi connectivity index (χ4v) is 3.44. The normalized spacial score (nSPS) is 15.4. The number of nitrogens with one attached hydrogen (secondary N) is 1. The molecule has 0 radical (unpaired) electrons. The quantitative estimate of drug-likeness (QED) is 0.678. The zero-order valence-electron chi connectivity index (χ0n) is 15.4. The minimum absolute atomic E-state index is 0.209. The Hall–Kier alpha value is -3.19. The number of piperidine rings is 1. The van der Waals surface area contributed by atoms with Crippen molar-refractivity contribution in [1.82, 2.24) is 14.9 Å². The Bertz CT molecular complexity index is 934. The maximum Gasteiger partial charge on any atom is 0.339 e. The van der Waals surface area contributed by atoms with E-state index in [-0.39, 0.29) is 11.6 Å². The summed E-state index contributed by atoms with van der Waals surface area (Å²) >= 11 is 0. The first-order valence-electron chi connectivity index (χ1n) is 9.36. The number of carboxylic acid groups (broad SMARTS) is 1. The van der Waals surface area contributed by atoms with Crippen molar-refractivity contribution >= 4 is 11.8 Å². The van der Waals surface area contributed by atoms with Gasteiger partial charge in [-0.1, -0.05) is 18.2 Å². The van der Waals surface area contributed by atoms with Gasteiger partial charge in [0.25, 0.3) is 0 Å². The van der Waals surface area contributed by atoms with Gasteiger partial charge in [0.2, 0.25) is 5.89 Å². The van der Waals surface area contributed by atoms with Crippen LogP contribution in [0.2, 0.25) is 0 Å². The Morgan fingerprint density at radius 3 is 2.71 bits per heavy atom. The van der Waals surface area contributed by atoms with Gasteiger partial charge in [-0.15, -0.1) is 0 Å². The number of rotatable bonds is 6. The summed E-state index contributed by atoms with van der Waals surface area (Å²) in [6.07, 6.45) is 5.16. The summed E-state index contributed by atoms with van der Waals surface area (Å²) in [6.45, 7) is 2.55. The van der Waals surface area contributed by atoms with Crippen LogP contribution >= 0.6 is 0 Å². The van der Waals surface area contributed by atoms with E-state index in [1.54, 1.807) is 24.6 Å². The highest BCUT2D eigenvalue weighted by Gasteiger charge is 2.22. The summed E-state index contributed by atoms with van der Waals surface area (Å²) in [5, 5.41) is 12.6. The van der Waals surface area contributed by atoms with Crippen molar-refractivity contribution in [2.45, 2.75) is 25.4 Å². The summed E-state index contributed by atoms with van der Waals surface area (Å²) < 4.78 is 5.61. The van der Waals surface area contributed by atoms with Crippen molar-refractivity contribution < 1.29 is 14.3 Å². The van der Waals surface area contributed by atoms with Crippen molar-refractivity contribution in [2.24, 2.45) is 0 Å². The van der Waals surface area contributed by atoms with Crippen molar-refractivity contribution in [2.75, 3.05) is 18.4 Å². The molecule has 1 aliphatic heterocycles. The average Bonchev–Trinajstić information content (AvgIpc) is 3.19. The second-order valence-electron chi connectivity index (χ2n) is 6.91. The number of hydrogen-bond acceptors (Lipinski definition) is 6. The van der Waals surface area contributed by atoms with Crippen molar-refractivity contribution in [3.05, 3.63) is 66.2 Å². The lowest BCUT2D eigenvalue weighted by atomic mass is 10.0. The largest absolute Gasteiger partial charge is 0.478 e. The Morgan fingerprint density at radius 1 is 1.18 bits per heavy atom. The molecule has 1 saturated heterocycles.